The zero-order chi connectivity index (χ0) is 23.0. The standard InChI is InChI=1S/C19H25N5O5S/c1-7-8-17(22(5)20)14-9-15-16(10-13(14)11(2)3)21-19(27)23(18(15)26)24(12(4)25)30(6,28)29/h7-11H,1,20H2,2-6H3,(H,21,27)/b17-8-. The van der Waals surface area contributed by atoms with E-state index in [4.69, 9.17) is 5.84 Å². The second-order valence-electron chi connectivity index (χ2n) is 7.11. The Hall–Kier alpha value is -3.18. The summed E-state index contributed by atoms with van der Waals surface area (Å²) >= 11 is 0. The van der Waals surface area contributed by atoms with E-state index in [9.17, 15) is 22.8 Å². The third kappa shape index (κ3) is 4.21. The maximum Gasteiger partial charge on any atom is 0.349 e. The molecule has 0 aliphatic carbocycles. The number of H-pyrrole nitrogens is 1. The Morgan fingerprint density at radius 3 is 2.33 bits per heavy atom. The number of hydrogen-bond acceptors (Lipinski definition) is 7. The molecule has 162 valence electrons. The molecule has 0 aliphatic rings. The lowest BCUT2D eigenvalue weighted by atomic mass is 9.93. The van der Waals surface area contributed by atoms with Crippen LogP contribution in [0, 0.1) is 0 Å². The molecule has 0 atom stereocenters. The van der Waals surface area contributed by atoms with Crippen LogP contribution in [0.3, 0.4) is 0 Å². The average Bonchev–Trinajstić information content (AvgIpc) is 2.60. The van der Waals surface area contributed by atoms with Gasteiger partial charge in [0.25, 0.3) is 21.5 Å². The molecule has 0 saturated carbocycles. The number of fused-ring (bicyclic) bond motifs is 1. The molecule has 0 unspecified atom stereocenters. The molecular formula is C19H25N5O5S. The third-order valence-corrected chi connectivity index (χ3v) is 5.41. The van der Waals surface area contributed by atoms with E-state index in [1.807, 2.05) is 13.8 Å². The van der Waals surface area contributed by atoms with Gasteiger partial charge in [0.15, 0.2) is 0 Å². The van der Waals surface area contributed by atoms with Crippen LogP contribution in [-0.2, 0) is 14.8 Å². The molecule has 1 amide bonds. The molecule has 11 heteroatoms. The van der Waals surface area contributed by atoms with Crippen molar-refractivity contribution in [3.63, 3.8) is 0 Å². The van der Waals surface area contributed by atoms with Crippen LogP contribution in [0.2, 0.25) is 0 Å². The van der Waals surface area contributed by atoms with Crippen LogP contribution in [0.1, 0.15) is 37.8 Å². The highest BCUT2D eigenvalue weighted by molar-refractivity contribution is 7.92. The zero-order valence-electron chi connectivity index (χ0n) is 17.5. The molecule has 2 aromatic rings. The number of allylic oxidation sites excluding steroid dienone is 2. The number of aromatic amines is 1. The minimum absolute atomic E-state index is 0.00763. The normalized spacial score (nSPS) is 12.3. The van der Waals surface area contributed by atoms with Crippen molar-refractivity contribution in [2.24, 2.45) is 5.84 Å². The Kier molecular flexibility index (Phi) is 6.38. The molecule has 1 aromatic carbocycles. The highest BCUT2D eigenvalue weighted by Gasteiger charge is 2.27. The van der Waals surface area contributed by atoms with Gasteiger partial charge in [-0.1, -0.05) is 26.5 Å². The number of nitrogens with two attached hydrogens (primary N) is 1. The van der Waals surface area contributed by atoms with Crippen LogP contribution in [0.15, 0.2) is 40.5 Å². The lowest BCUT2D eigenvalue weighted by Crippen LogP contribution is -2.55. The van der Waals surface area contributed by atoms with Gasteiger partial charge in [-0.05, 0) is 29.7 Å². The number of nitrogens with one attached hydrogen (secondary N) is 1. The number of carbonyl (C=O) groups excluding carboxylic acids is 1. The van der Waals surface area contributed by atoms with Gasteiger partial charge in [0.1, 0.15) is 0 Å². The van der Waals surface area contributed by atoms with Crippen LogP contribution in [0.4, 0.5) is 0 Å². The molecule has 1 heterocycles. The molecule has 1 aromatic heterocycles. The summed E-state index contributed by atoms with van der Waals surface area (Å²) in [6, 6.07) is 3.15. The summed E-state index contributed by atoms with van der Waals surface area (Å²) in [6.07, 6.45) is 3.93. The lowest BCUT2D eigenvalue weighted by Gasteiger charge is -2.23. The van der Waals surface area contributed by atoms with E-state index in [0.29, 0.717) is 11.3 Å². The van der Waals surface area contributed by atoms with Crippen LogP contribution in [0.5, 0.6) is 0 Å². The Balaban J connectivity index is 3.05. The van der Waals surface area contributed by atoms with Crippen molar-refractivity contribution >= 4 is 32.5 Å². The van der Waals surface area contributed by atoms with Crippen LogP contribution in [0.25, 0.3) is 16.6 Å². The Bertz CT molecular complexity index is 1270. The first-order valence-electron chi connectivity index (χ1n) is 8.96. The quantitative estimate of drug-likeness (QED) is 0.385. The summed E-state index contributed by atoms with van der Waals surface area (Å²) in [4.78, 5) is 40.1. The number of hydrazine groups is 1. The molecular weight excluding hydrogens is 410 g/mol. The third-order valence-electron chi connectivity index (χ3n) is 4.37. The van der Waals surface area contributed by atoms with Gasteiger partial charge in [-0.25, -0.2) is 19.1 Å². The second-order valence-corrected chi connectivity index (χ2v) is 8.92. The van der Waals surface area contributed by atoms with Gasteiger partial charge in [0, 0.05) is 19.5 Å². The number of hydrogen-bond donors (Lipinski definition) is 2. The fourth-order valence-corrected chi connectivity index (χ4v) is 4.08. The summed E-state index contributed by atoms with van der Waals surface area (Å²) < 4.78 is 24.5. The van der Waals surface area contributed by atoms with Crippen molar-refractivity contribution in [1.82, 2.24) is 14.7 Å². The first kappa shape index (κ1) is 23.1. The molecule has 0 aliphatic heterocycles. The smallest absolute Gasteiger partial charge is 0.314 e. The maximum atomic E-state index is 13.1. The fraction of sp³-hybridized carbons (Fsp3) is 0.316. The van der Waals surface area contributed by atoms with Crippen LogP contribution < -0.4 is 21.5 Å². The number of nitrogens with zero attached hydrogens (tertiary/aromatic N) is 3. The minimum Gasteiger partial charge on any atom is -0.314 e. The number of aromatic nitrogens is 2. The largest absolute Gasteiger partial charge is 0.349 e. The van der Waals surface area contributed by atoms with E-state index in [-0.39, 0.29) is 25.9 Å². The van der Waals surface area contributed by atoms with Crippen molar-refractivity contribution in [3.8, 4) is 0 Å². The van der Waals surface area contributed by atoms with Crippen molar-refractivity contribution in [2.45, 2.75) is 26.7 Å². The summed E-state index contributed by atoms with van der Waals surface area (Å²) in [5.74, 6) is 4.95. The van der Waals surface area contributed by atoms with Gasteiger partial charge >= 0.3 is 5.69 Å². The van der Waals surface area contributed by atoms with Gasteiger partial charge in [-0.3, -0.25) is 9.59 Å². The van der Waals surface area contributed by atoms with Crippen molar-refractivity contribution in [1.29, 1.82) is 0 Å². The fourth-order valence-electron chi connectivity index (χ4n) is 3.17. The molecule has 10 nitrogen and oxygen atoms in total. The van der Waals surface area contributed by atoms with Gasteiger partial charge in [0.05, 0.1) is 22.9 Å². The predicted molar refractivity (Wildman–Crippen MR) is 117 cm³/mol. The van der Waals surface area contributed by atoms with Gasteiger partial charge in [0.2, 0.25) is 0 Å². The summed E-state index contributed by atoms with van der Waals surface area (Å²) in [5, 5.41) is 1.37. The number of carbonyl (C=O) groups is 1. The molecule has 0 bridgehead atoms. The van der Waals surface area contributed by atoms with Crippen molar-refractivity contribution in [2.75, 3.05) is 17.7 Å². The number of sulfonamides is 1. The first-order chi connectivity index (χ1) is 13.8. The molecule has 3 N–H and O–H groups in total. The Morgan fingerprint density at radius 1 is 1.30 bits per heavy atom. The molecule has 0 radical (unpaired) electrons. The topological polar surface area (TPSA) is 139 Å². The van der Waals surface area contributed by atoms with E-state index in [1.165, 1.54) is 11.1 Å². The molecule has 30 heavy (non-hydrogen) atoms. The van der Waals surface area contributed by atoms with Crippen LogP contribution in [-0.4, -0.2) is 42.3 Å². The summed E-state index contributed by atoms with van der Waals surface area (Å²) in [7, 11) is -2.61. The minimum atomic E-state index is -4.23. The maximum absolute atomic E-state index is 13.1. The SMILES string of the molecule is C=C/C=C(/c1cc2c(=O)n(N(C(C)=O)S(C)(=O)=O)c(=O)[nH]c2cc1C(C)C)N(C)N. The molecule has 2 rings (SSSR count). The molecule has 0 saturated heterocycles. The van der Waals surface area contributed by atoms with E-state index in [0.717, 1.165) is 18.7 Å². The van der Waals surface area contributed by atoms with Crippen molar-refractivity contribution in [3.05, 3.63) is 62.8 Å². The Labute approximate surface area is 173 Å². The summed E-state index contributed by atoms with van der Waals surface area (Å²) in [6.45, 7) is 8.49. The van der Waals surface area contributed by atoms with Gasteiger partial charge in [-0.2, -0.15) is 0 Å². The Morgan fingerprint density at radius 2 is 1.90 bits per heavy atom. The van der Waals surface area contributed by atoms with E-state index in [1.54, 1.807) is 25.3 Å². The number of amides is 1. The van der Waals surface area contributed by atoms with E-state index < -0.39 is 27.2 Å². The highest BCUT2D eigenvalue weighted by atomic mass is 32.2. The van der Waals surface area contributed by atoms with Gasteiger partial charge in [-0.15, -0.1) is 9.09 Å². The number of rotatable bonds is 6. The van der Waals surface area contributed by atoms with Crippen LogP contribution >= 0.6 is 0 Å². The van der Waals surface area contributed by atoms with Crippen molar-refractivity contribution < 1.29 is 13.2 Å². The number of benzene rings is 1. The zero-order valence-corrected chi connectivity index (χ0v) is 18.3. The monoisotopic (exact) mass is 435 g/mol. The average molecular weight is 436 g/mol. The van der Waals surface area contributed by atoms with E-state index in [2.05, 4.69) is 11.6 Å². The predicted octanol–water partition coefficient (Wildman–Crippen LogP) is 0.590. The summed E-state index contributed by atoms with van der Waals surface area (Å²) in [5.41, 5.74) is 0.165. The van der Waals surface area contributed by atoms with Gasteiger partial charge < -0.3 is 9.99 Å². The highest BCUT2D eigenvalue weighted by Crippen LogP contribution is 2.29. The molecule has 0 fully saturated rings. The first-order valence-corrected chi connectivity index (χ1v) is 10.8. The lowest BCUT2D eigenvalue weighted by molar-refractivity contribution is -0.116. The van der Waals surface area contributed by atoms with E-state index >= 15 is 0 Å². The molecule has 0 spiro atoms. The second kappa shape index (κ2) is 8.28.